The topological polar surface area (TPSA) is 59.1 Å². The first-order chi connectivity index (χ1) is 15.4. The lowest BCUT2D eigenvalue weighted by molar-refractivity contribution is -0.121. The lowest BCUT2D eigenvalue weighted by Crippen LogP contribution is -2.52. The molecule has 6 nitrogen and oxygen atoms in total. The van der Waals surface area contributed by atoms with Crippen LogP contribution >= 0.6 is 11.6 Å². The van der Waals surface area contributed by atoms with Crippen molar-refractivity contribution in [2.45, 2.75) is 12.6 Å². The van der Waals surface area contributed by atoms with Crippen molar-refractivity contribution in [3.63, 3.8) is 0 Å². The Morgan fingerprint density at radius 3 is 2.69 bits per heavy atom. The maximum Gasteiger partial charge on any atom is 0.256 e. The molecule has 32 heavy (non-hydrogen) atoms. The predicted molar refractivity (Wildman–Crippen MR) is 114 cm³/mol. The normalized spacial score (nSPS) is 18.5. The average molecular weight is 463 g/mol. The van der Waals surface area contributed by atoms with Crippen LogP contribution < -0.4 is 14.4 Å². The molecule has 0 atom stereocenters. The van der Waals surface area contributed by atoms with Crippen molar-refractivity contribution in [1.82, 2.24) is 4.90 Å². The first-order valence-corrected chi connectivity index (χ1v) is 10.8. The van der Waals surface area contributed by atoms with Gasteiger partial charge in [-0.05, 0) is 24.3 Å². The van der Waals surface area contributed by atoms with E-state index >= 15 is 0 Å². The van der Waals surface area contributed by atoms with Crippen molar-refractivity contribution in [3.05, 3.63) is 52.3 Å². The Bertz CT molecular complexity index is 1080. The van der Waals surface area contributed by atoms with Gasteiger partial charge in [-0.1, -0.05) is 11.6 Å². The minimum absolute atomic E-state index is 0.0541. The average Bonchev–Trinajstić information content (AvgIpc) is 2.71. The standard InChI is InChI=1S/C23H21ClF2N2O4/c24-19-5-16(27-9-15(25)10-27)1-2-21(19)31-11-13-7-28(8-13)23(30)18-4-14-3-17(29)12-32-22(14)6-20(18)26/h1-2,4-6,13,15H,3,7-12H2. The molecule has 0 aromatic heterocycles. The van der Waals surface area contributed by atoms with Crippen molar-refractivity contribution < 1.29 is 27.8 Å². The van der Waals surface area contributed by atoms with Gasteiger partial charge < -0.3 is 19.3 Å². The summed E-state index contributed by atoms with van der Waals surface area (Å²) in [6.07, 6.45) is -0.655. The minimum atomic E-state index is -0.792. The molecule has 0 spiro atoms. The number of likely N-dealkylation sites (tertiary alicyclic amines) is 1. The number of rotatable bonds is 5. The molecule has 2 fully saturated rings. The Hall–Kier alpha value is -2.87. The molecule has 2 aromatic rings. The Kier molecular flexibility index (Phi) is 5.41. The summed E-state index contributed by atoms with van der Waals surface area (Å²) in [7, 11) is 0. The van der Waals surface area contributed by atoms with Crippen LogP contribution in [0.2, 0.25) is 5.02 Å². The van der Waals surface area contributed by atoms with E-state index in [4.69, 9.17) is 21.1 Å². The number of ketones is 1. The Labute approximate surface area is 188 Å². The number of carbonyl (C=O) groups excluding carboxylic acids is 2. The zero-order chi connectivity index (χ0) is 22.4. The molecular formula is C23H21ClF2N2O4. The van der Waals surface area contributed by atoms with Gasteiger partial charge in [0.15, 0.2) is 5.78 Å². The number of nitrogens with zero attached hydrogens (tertiary/aromatic N) is 2. The number of carbonyl (C=O) groups is 2. The Morgan fingerprint density at radius 2 is 1.97 bits per heavy atom. The first-order valence-electron chi connectivity index (χ1n) is 10.4. The van der Waals surface area contributed by atoms with Crippen LogP contribution in [-0.4, -0.2) is 62.2 Å². The van der Waals surface area contributed by atoms with Gasteiger partial charge in [-0.25, -0.2) is 8.78 Å². The number of ether oxygens (including phenoxy) is 2. The van der Waals surface area contributed by atoms with Gasteiger partial charge in [0.2, 0.25) is 0 Å². The number of Topliss-reactive ketones (excluding diaryl/α,β-unsaturated/α-hetero) is 1. The van der Waals surface area contributed by atoms with Crippen LogP contribution in [0.25, 0.3) is 0 Å². The van der Waals surface area contributed by atoms with Crippen LogP contribution in [0.5, 0.6) is 11.5 Å². The number of amides is 1. The second-order valence-corrected chi connectivity index (χ2v) is 8.86. The van der Waals surface area contributed by atoms with Gasteiger partial charge in [-0.2, -0.15) is 0 Å². The van der Waals surface area contributed by atoms with Crippen molar-refractivity contribution >= 4 is 29.0 Å². The molecule has 0 unspecified atom stereocenters. The molecule has 5 rings (SSSR count). The molecule has 0 radical (unpaired) electrons. The van der Waals surface area contributed by atoms with E-state index in [1.807, 2.05) is 11.0 Å². The van der Waals surface area contributed by atoms with Crippen LogP contribution in [0.4, 0.5) is 14.5 Å². The van der Waals surface area contributed by atoms with E-state index in [2.05, 4.69) is 0 Å². The minimum Gasteiger partial charge on any atom is -0.492 e. The molecule has 0 saturated carbocycles. The van der Waals surface area contributed by atoms with Crippen LogP contribution in [0.1, 0.15) is 15.9 Å². The number of hydrogen-bond donors (Lipinski definition) is 0. The van der Waals surface area contributed by atoms with Crippen molar-refractivity contribution in [2.24, 2.45) is 5.92 Å². The van der Waals surface area contributed by atoms with Gasteiger partial charge in [0.1, 0.15) is 30.1 Å². The van der Waals surface area contributed by atoms with E-state index in [0.29, 0.717) is 54.9 Å². The lowest BCUT2D eigenvalue weighted by atomic mass is 9.97. The molecule has 0 bridgehead atoms. The van der Waals surface area contributed by atoms with Gasteiger partial charge in [-0.3, -0.25) is 9.59 Å². The van der Waals surface area contributed by atoms with E-state index in [0.717, 1.165) is 5.69 Å². The summed E-state index contributed by atoms with van der Waals surface area (Å²) in [6.45, 7) is 1.91. The summed E-state index contributed by atoms with van der Waals surface area (Å²) >= 11 is 6.29. The molecule has 2 aromatic carbocycles. The summed E-state index contributed by atoms with van der Waals surface area (Å²) in [6, 6.07) is 7.95. The monoisotopic (exact) mass is 462 g/mol. The molecule has 3 aliphatic heterocycles. The number of hydrogen-bond acceptors (Lipinski definition) is 5. The van der Waals surface area contributed by atoms with Gasteiger partial charge in [-0.15, -0.1) is 0 Å². The Morgan fingerprint density at radius 1 is 1.19 bits per heavy atom. The maximum absolute atomic E-state index is 14.4. The highest BCUT2D eigenvalue weighted by Gasteiger charge is 2.34. The Balaban J connectivity index is 1.15. The summed E-state index contributed by atoms with van der Waals surface area (Å²) in [4.78, 5) is 27.7. The molecule has 2 saturated heterocycles. The largest absolute Gasteiger partial charge is 0.492 e. The van der Waals surface area contributed by atoms with E-state index in [9.17, 15) is 18.4 Å². The lowest BCUT2D eigenvalue weighted by Gasteiger charge is -2.39. The van der Waals surface area contributed by atoms with E-state index in [1.54, 1.807) is 17.0 Å². The number of alkyl halides is 1. The molecular weight excluding hydrogens is 442 g/mol. The van der Waals surface area contributed by atoms with Crippen LogP contribution in [-0.2, 0) is 11.2 Å². The summed E-state index contributed by atoms with van der Waals surface area (Å²) in [5, 5.41) is 0.449. The van der Waals surface area contributed by atoms with Crippen LogP contribution in [0.3, 0.4) is 0 Å². The number of halogens is 3. The zero-order valence-electron chi connectivity index (χ0n) is 17.2. The summed E-state index contributed by atoms with van der Waals surface area (Å²) < 4.78 is 38.5. The molecule has 3 heterocycles. The van der Waals surface area contributed by atoms with E-state index in [-0.39, 0.29) is 30.3 Å². The van der Waals surface area contributed by atoms with Gasteiger partial charge in [0.25, 0.3) is 5.91 Å². The molecule has 3 aliphatic rings. The van der Waals surface area contributed by atoms with Crippen molar-refractivity contribution in [1.29, 1.82) is 0 Å². The van der Waals surface area contributed by atoms with E-state index in [1.165, 1.54) is 12.1 Å². The van der Waals surface area contributed by atoms with Gasteiger partial charge >= 0.3 is 0 Å². The van der Waals surface area contributed by atoms with Gasteiger partial charge in [0, 0.05) is 42.7 Å². The second-order valence-electron chi connectivity index (χ2n) is 8.45. The summed E-state index contributed by atoms with van der Waals surface area (Å²) in [5.41, 5.74) is 1.34. The smallest absolute Gasteiger partial charge is 0.256 e. The SMILES string of the molecule is O=C1COc2cc(F)c(C(=O)N3CC(COc4ccc(N5CC(F)C5)cc4Cl)C3)cc2C1. The molecule has 0 aliphatic carbocycles. The van der Waals surface area contributed by atoms with Crippen LogP contribution in [0.15, 0.2) is 30.3 Å². The highest BCUT2D eigenvalue weighted by atomic mass is 35.5. The first kappa shape index (κ1) is 21.0. The third-order valence-electron chi connectivity index (χ3n) is 5.99. The maximum atomic E-state index is 14.4. The number of anilines is 1. The molecule has 1 amide bonds. The fraction of sp³-hybridized carbons (Fsp3) is 0.391. The van der Waals surface area contributed by atoms with Gasteiger partial charge in [0.05, 0.1) is 30.3 Å². The highest BCUT2D eigenvalue weighted by molar-refractivity contribution is 6.32. The quantitative estimate of drug-likeness (QED) is 0.682. The fourth-order valence-electron chi connectivity index (χ4n) is 4.12. The van der Waals surface area contributed by atoms with Crippen LogP contribution in [0, 0.1) is 11.7 Å². The molecule has 0 N–H and O–H groups in total. The highest BCUT2D eigenvalue weighted by Crippen LogP contribution is 2.33. The third-order valence-corrected chi connectivity index (χ3v) is 6.29. The number of benzene rings is 2. The second kappa shape index (κ2) is 8.24. The van der Waals surface area contributed by atoms with E-state index < -0.39 is 17.9 Å². The van der Waals surface area contributed by atoms with Crippen molar-refractivity contribution in [2.75, 3.05) is 44.3 Å². The summed E-state index contributed by atoms with van der Waals surface area (Å²) in [5.74, 6) is -0.230. The fourth-order valence-corrected chi connectivity index (χ4v) is 4.35. The zero-order valence-corrected chi connectivity index (χ0v) is 17.9. The van der Waals surface area contributed by atoms with Crippen molar-refractivity contribution in [3.8, 4) is 11.5 Å². The predicted octanol–water partition coefficient (Wildman–Crippen LogP) is 3.29. The third kappa shape index (κ3) is 3.99. The molecule has 9 heteroatoms. The molecule has 168 valence electrons. The number of fused-ring (bicyclic) bond motifs is 1.